The summed E-state index contributed by atoms with van der Waals surface area (Å²) in [6, 6.07) is 8.01. The second-order valence-electron chi connectivity index (χ2n) is 5.39. The number of hydrogen-bond acceptors (Lipinski definition) is 1. The Morgan fingerprint density at radius 3 is 2.24 bits per heavy atom. The molecule has 0 aromatic heterocycles. The molecule has 1 atom stereocenters. The average Bonchev–Trinajstić information content (AvgIpc) is 2.18. The average molecular weight is 298 g/mol. The lowest BCUT2D eigenvalue weighted by Gasteiger charge is -2.17. The highest BCUT2D eigenvalue weighted by Crippen LogP contribution is 2.18. The minimum Gasteiger partial charge on any atom is -0.326 e. The molecular weight excluding hydrogens is 278 g/mol. The highest BCUT2D eigenvalue weighted by atomic mass is 79.9. The van der Waals surface area contributed by atoms with Crippen LogP contribution in [0.5, 0.6) is 0 Å². The van der Waals surface area contributed by atoms with Crippen LogP contribution in [0.2, 0.25) is 0 Å². The predicted molar refractivity (Wildman–Crippen MR) is 76.6 cm³/mol. The summed E-state index contributed by atoms with van der Waals surface area (Å²) in [6.07, 6.45) is 0.994. The van der Waals surface area contributed by atoms with Crippen molar-refractivity contribution in [3.05, 3.63) is 29.8 Å². The van der Waals surface area contributed by atoms with Crippen LogP contribution in [-0.4, -0.2) is 10.7 Å². The maximum atomic E-state index is 11.8. The van der Waals surface area contributed by atoms with E-state index in [4.69, 9.17) is 0 Å². The first kappa shape index (κ1) is 14.2. The molecule has 0 saturated carbocycles. The van der Waals surface area contributed by atoms with E-state index in [1.165, 1.54) is 5.56 Å². The molecule has 0 aliphatic rings. The van der Waals surface area contributed by atoms with Crippen LogP contribution in [0.15, 0.2) is 24.3 Å². The van der Waals surface area contributed by atoms with Gasteiger partial charge in [0.15, 0.2) is 0 Å². The van der Waals surface area contributed by atoms with E-state index in [1.807, 2.05) is 32.9 Å². The zero-order chi connectivity index (χ0) is 13.1. The summed E-state index contributed by atoms with van der Waals surface area (Å²) in [6.45, 7) is 7.84. The molecule has 0 heterocycles. The van der Waals surface area contributed by atoms with Crippen LogP contribution in [0.25, 0.3) is 0 Å². The molecule has 1 amide bonds. The normalized spacial score (nSPS) is 13.2. The maximum Gasteiger partial charge on any atom is 0.229 e. The number of carbonyl (C=O) groups is 1. The summed E-state index contributed by atoms with van der Waals surface area (Å²) < 4.78 is 0. The van der Waals surface area contributed by atoms with Crippen molar-refractivity contribution in [2.75, 3.05) is 5.32 Å². The quantitative estimate of drug-likeness (QED) is 0.840. The summed E-state index contributed by atoms with van der Waals surface area (Å²) >= 11 is 3.53. The Labute approximate surface area is 112 Å². The van der Waals surface area contributed by atoms with Gasteiger partial charge in [-0.1, -0.05) is 55.8 Å². The lowest BCUT2D eigenvalue weighted by atomic mass is 9.95. The van der Waals surface area contributed by atoms with Gasteiger partial charge in [-0.05, 0) is 24.1 Å². The van der Waals surface area contributed by atoms with Crippen molar-refractivity contribution < 1.29 is 4.79 Å². The number of rotatable bonds is 3. The van der Waals surface area contributed by atoms with Gasteiger partial charge in [0.05, 0.1) is 0 Å². The Morgan fingerprint density at radius 1 is 1.29 bits per heavy atom. The molecule has 0 aliphatic carbocycles. The van der Waals surface area contributed by atoms with Gasteiger partial charge in [0.25, 0.3) is 0 Å². The molecule has 1 N–H and O–H groups in total. The minimum absolute atomic E-state index is 0.0408. The van der Waals surface area contributed by atoms with Crippen LogP contribution >= 0.6 is 15.9 Å². The second kappa shape index (κ2) is 5.67. The number of nitrogens with one attached hydrogen (secondary N) is 1. The lowest BCUT2D eigenvalue weighted by Crippen LogP contribution is -2.27. The fourth-order valence-corrected chi connectivity index (χ4v) is 1.74. The molecule has 0 bridgehead atoms. The summed E-state index contributed by atoms with van der Waals surface area (Å²) in [4.78, 5) is 12.2. The number of halogens is 1. The Balaban J connectivity index is 2.66. The molecular formula is C14H20BrNO. The number of carbonyl (C=O) groups excluding carboxylic acids is 1. The third-order valence-corrected chi connectivity index (χ3v) is 2.73. The monoisotopic (exact) mass is 297 g/mol. The molecule has 0 fully saturated rings. The molecule has 0 radical (unpaired) electrons. The lowest BCUT2D eigenvalue weighted by molar-refractivity contribution is -0.123. The van der Waals surface area contributed by atoms with E-state index in [9.17, 15) is 4.79 Å². The molecule has 1 rings (SSSR count). The van der Waals surface area contributed by atoms with Crippen molar-refractivity contribution in [1.29, 1.82) is 0 Å². The van der Waals surface area contributed by atoms with E-state index in [-0.39, 0.29) is 11.3 Å². The third kappa shape index (κ3) is 4.90. The Bertz CT molecular complexity index is 376. The van der Waals surface area contributed by atoms with Crippen LogP contribution in [0.1, 0.15) is 33.3 Å². The molecule has 1 aromatic rings. The van der Waals surface area contributed by atoms with Crippen LogP contribution in [-0.2, 0) is 11.2 Å². The van der Waals surface area contributed by atoms with Crippen molar-refractivity contribution in [2.24, 2.45) is 5.41 Å². The fourth-order valence-electron chi connectivity index (χ4n) is 1.37. The van der Waals surface area contributed by atoms with Crippen LogP contribution < -0.4 is 5.32 Å². The summed E-state index contributed by atoms with van der Waals surface area (Å²) in [5.74, 6) is 0.0408. The molecule has 3 heteroatoms. The van der Waals surface area contributed by atoms with E-state index in [0.717, 1.165) is 12.1 Å². The van der Waals surface area contributed by atoms with Crippen molar-refractivity contribution in [2.45, 2.75) is 38.9 Å². The Kier molecular flexibility index (Phi) is 4.75. The number of amides is 1. The number of hydrogen-bond donors (Lipinski definition) is 1. The highest BCUT2D eigenvalue weighted by Gasteiger charge is 2.20. The standard InChI is InChI=1S/C14H20BrNO/c1-10(15)9-11-5-7-12(8-6-11)16-13(17)14(2,3)4/h5-8,10H,9H2,1-4H3,(H,16,17). The van der Waals surface area contributed by atoms with Gasteiger partial charge in [-0.25, -0.2) is 0 Å². The maximum absolute atomic E-state index is 11.8. The molecule has 2 nitrogen and oxygen atoms in total. The van der Waals surface area contributed by atoms with Crippen molar-refractivity contribution in [3.63, 3.8) is 0 Å². The fraction of sp³-hybridized carbons (Fsp3) is 0.500. The summed E-state index contributed by atoms with van der Waals surface area (Å²) in [5, 5.41) is 2.91. The largest absolute Gasteiger partial charge is 0.326 e. The molecule has 1 unspecified atom stereocenters. The highest BCUT2D eigenvalue weighted by molar-refractivity contribution is 9.09. The van der Waals surface area contributed by atoms with Crippen molar-refractivity contribution in [3.8, 4) is 0 Å². The first-order valence-corrected chi connectivity index (χ1v) is 6.75. The van der Waals surface area contributed by atoms with Gasteiger partial charge >= 0.3 is 0 Å². The first-order valence-electron chi connectivity index (χ1n) is 5.83. The predicted octanol–water partition coefficient (Wildman–Crippen LogP) is 4.00. The molecule has 0 spiro atoms. The van der Waals surface area contributed by atoms with Gasteiger partial charge in [-0.15, -0.1) is 0 Å². The third-order valence-electron chi connectivity index (χ3n) is 2.41. The van der Waals surface area contributed by atoms with E-state index < -0.39 is 0 Å². The molecule has 17 heavy (non-hydrogen) atoms. The second-order valence-corrected chi connectivity index (χ2v) is 6.95. The van der Waals surface area contributed by atoms with Crippen LogP contribution in [0, 0.1) is 5.41 Å². The molecule has 94 valence electrons. The van der Waals surface area contributed by atoms with Gasteiger partial charge in [0.2, 0.25) is 5.91 Å². The van der Waals surface area contributed by atoms with E-state index in [2.05, 4.69) is 40.3 Å². The smallest absolute Gasteiger partial charge is 0.229 e. The Morgan fingerprint density at radius 2 is 1.82 bits per heavy atom. The first-order chi connectivity index (χ1) is 7.79. The van der Waals surface area contributed by atoms with Crippen LogP contribution in [0.4, 0.5) is 5.69 Å². The minimum atomic E-state index is -0.358. The number of benzene rings is 1. The van der Waals surface area contributed by atoms with Crippen molar-refractivity contribution in [1.82, 2.24) is 0 Å². The topological polar surface area (TPSA) is 29.1 Å². The van der Waals surface area contributed by atoms with Gasteiger partial charge in [0.1, 0.15) is 0 Å². The SMILES string of the molecule is CC(Br)Cc1ccc(NC(=O)C(C)(C)C)cc1. The van der Waals surface area contributed by atoms with Gasteiger partial charge in [0, 0.05) is 15.9 Å². The molecule has 0 aliphatic heterocycles. The zero-order valence-electron chi connectivity index (χ0n) is 10.9. The molecule has 1 aromatic carbocycles. The van der Waals surface area contributed by atoms with E-state index in [0.29, 0.717) is 4.83 Å². The zero-order valence-corrected chi connectivity index (χ0v) is 12.5. The summed E-state index contributed by atoms with van der Waals surface area (Å²) in [7, 11) is 0. The van der Waals surface area contributed by atoms with Crippen LogP contribution in [0.3, 0.4) is 0 Å². The Hall–Kier alpha value is -0.830. The van der Waals surface area contributed by atoms with Gasteiger partial charge in [-0.3, -0.25) is 4.79 Å². The van der Waals surface area contributed by atoms with Crippen molar-refractivity contribution >= 4 is 27.5 Å². The van der Waals surface area contributed by atoms with Gasteiger partial charge < -0.3 is 5.32 Å². The van der Waals surface area contributed by atoms with E-state index in [1.54, 1.807) is 0 Å². The van der Waals surface area contributed by atoms with Gasteiger partial charge in [-0.2, -0.15) is 0 Å². The summed E-state index contributed by atoms with van der Waals surface area (Å²) in [5.41, 5.74) is 1.77. The van der Waals surface area contributed by atoms with E-state index >= 15 is 0 Å². The number of alkyl halides is 1. The number of anilines is 1. The molecule has 0 saturated heterocycles.